The molecule has 0 aliphatic carbocycles. The highest BCUT2D eigenvalue weighted by atomic mass is 79.9. The average Bonchev–Trinajstić information content (AvgIpc) is 2.34. The van der Waals surface area contributed by atoms with Gasteiger partial charge in [0.1, 0.15) is 5.82 Å². The predicted octanol–water partition coefficient (Wildman–Crippen LogP) is 4.09. The molecule has 0 radical (unpaired) electrons. The predicted molar refractivity (Wildman–Crippen MR) is 71.2 cm³/mol. The Kier molecular flexibility index (Phi) is 6.57. The van der Waals surface area contributed by atoms with E-state index >= 15 is 0 Å². The third kappa shape index (κ3) is 5.78. The van der Waals surface area contributed by atoms with Crippen molar-refractivity contribution in [3.63, 3.8) is 0 Å². The zero-order valence-corrected chi connectivity index (χ0v) is 12.1. The molecule has 0 aliphatic rings. The smallest absolute Gasteiger partial charge is 0.380 e. The van der Waals surface area contributed by atoms with Crippen molar-refractivity contribution in [3.05, 3.63) is 22.3 Å². The topological polar surface area (TPSA) is 34.1 Å². The van der Waals surface area contributed by atoms with Crippen LogP contribution in [0.5, 0.6) is 0 Å². The number of alkyl halides is 3. The van der Waals surface area contributed by atoms with Crippen LogP contribution in [0.3, 0.4) is 0 Å². The Labute approximate surface area is 118 Å². The molecule has 1 aromatic heterocycles. The van der Waals surface area contributed by atoms with Crippen molar-refractivity contribution in [2.24, 2.45) is 0 Å². The van der Waals surface area contributed by atoms with Crippen molar-refractivity contribution in [2.45, 2.75) is 25.9 Å². The van der Waals surface area contributed by atoms with Gasteiger partial charge in [-0.1, -0.05) is 13.3 Å². The van der Waals surface area contributed by atoms with Gasteiger partial charge in [-0.15, -0.1) is 0 Å². The molecule has 108 valence electrons. The lowest BCUT2D eigenvalue weighted by Gasteiger charge is -2.13. The number of halogens is 4. The lowest BCUT2D eigenvalue weighted by Crippen LogP contribution is -2.16. The van der Waals surface area contributed by atoms with Crippen molar-refractivity contribution < 1.29 is 17.9 Å². The SMILES string of the molecule is CCCCOCCNc1ncc(Br)cc1C(F)(F)F. The fraction of sp³-hybridized carbons (Fsp3) is 0.583. The van der Waals surface area contributed by atoms with Gasteiger partial charge in [0.15, 0.2) is 0 Å². The standard InChI is InChI=1S/C12H16BrF3N2O/c1-2-3-5-19-6-4-17-11-10(12(14,15)16)7-9(13)8-18-11/h7-8H,2-6H2,1H3,(H,17,18). The molecule has 1 heterocycles. The van der Waals surface area contributed by atoms with Crippen LogP contribution in [0.2, 0.25) is 0 Å². The number of unbranched alkanes of at least 4 members (excludes halogenated alkanes) is 1. The van der Waals surface area contributed by atoms with Gasteiger partial charge < -0.3 is 10.1 Å². The van der Waals surface area contributed by atoms with E-state index in [0.29, 0.717) is 24.2 Å². The number of ether oxygens (including phenoxy) is 1. The number of anilines is 1. The second-order valence-corrected chi connectivity index (χ2v) is 4.86. The average molecular weight is 341 g/mol. The highest BCUT2D eigenvalue weighted by Crippen LogP contribution is 2.35. The Balaban J connectivity index is 2.54. The molecular formula is C12H16BrF3N2O. The van der Waals surface area contributed by atoms with Crippen LogP contribution in [0, 0.1) is 0 Å². The zero-order chi connectivity index (χ0) is 14.3. The summed E-state index contributed by atoms with van der Waals surface area (Å²) in [6.07, 6.45) is -1.12. The van der Waals surface area contributed by atoms with Gasteiger partial charge in [-0.2, -0.15) is 13.2 Å². The van der Waals surface area contributed by atoms with Gasteiger partial charge in [-0.25, -0.2) is 4.98 Å². The number of pyridine rings is 1. The Bertz CT molecular complexity index is 399. The number of rotatable bonds is 7. The molecule has 0 aromatic carbocycles. The minimum absolute atomic E-state index is 0.171. The first-order valence-corrected chi connectivity index (χ1v) is 6.78. The van der Waals surface area contributed by atoms with Crippen LogP contribution in [0.1, 0.15) is 25.3 Å². The lowest BCUT2D eigenvalue weighted by atomic mass is 10.2. The molecule has 0 fully saturated rings. The van der Waals surface area contributed by atoms with Crippen molar-refractivity contribution in [2.75, 3.05) is 25.1 Å². The van der Waals surface area contributed by atoms with Gasteiger partial charge in [-0.05, 0) is 28.4 Å². The molecule has 0 spiro atoms. The summed E-state index contributed by atoms with van der Waals surface area (Å²) >= 11 is 2.98. The monoisotopic (exact) mass is 340 g/mol. The molecule has 0 atom stereocenters. The lowest BCUT2D eigenvalue weighted by molar-refractivity contribution is -0.137. The van der Waals surface area contributed by atoms with E-state index in [2.05, 4.69) is 26.2 Å². The molecule has 19 heavy (non-hydrogen) atoms. The number of hydrogen-bond donors (Lipinski definition) is 1. The Hall–Kier alpha value is -0.820. The van der Waals surface area contributed by atoms with E-state index in [9.17, 15) is 13.2 Å². The fourth-order valence-corrected chi connectivity index (χ4v) is 1.72. The van der Waals surface area contributed by atoms with Crippen LogP contribution < -0.4 is 5.32 Å². The molecule has 1 rings (SSSR count). The number of nitrogens with zero attached hydrogens (tertiary/aromatic N) is 1. The maximum absolute atomic E-state index is 12.8. The summed E-state index contributed by atoms with van der Waals surface area (Å²) in [5.74, 6) is -0.171. The van der Waals surface area contributed by atoms with Gasteiger partial charge in [0.05, 0.1) is 12.2 Å². The molecule has 0 saturated heterocycles. The summed E-state index contributed by atoms with van der Waals surface area (Å²) in [4.78, 5) is 3.75. The minimum atomic E-state index is -4.43. The zero-order valence-electron chi connectivity index (χ0n) is 10.6. The third-order valence-corrected chi connectivity index (χ3v) is 2.77. The van der Waals surface area contributed by atoms with Gasteiger partial charge >= 0.3 is 6.18 Å². The van der Waals surface area contributed by atoms with Crippen LogP contribution >= 0.6 is 15.9 Å². The second kappa shape index (κ2) is 7.69. The molecular weight excluding hydrogens is 325 g/mol. The van der Waals surface area contributed by atoms with Crippen LogP contribution in [0.4, 0.5) is 19.0 Å². The van der Waals surface area contributed by atoms with Crippen LogP contribution in [-0.2, 0) is 10.9 Å². The Morgan fingerprint density at radius 3 is 2.74 bits per heavy atom. The fourth-order valence-electron chi connectivity index (χ4n) is 1.39. The van der Waals surface area contributed by atoms with E-state index in [1.807, 2.05) is 6.92 Å². The minimum Gasteiger partial charge on any atom is -0.380 e. The van der Waals surface area contributed by atoms with Gasteiger partial charge in [0.2, 0.25) is 0 Å². The number of aromatic nitrogens is 1. The molecule has 0 unspecified atom stereocenters. The van der Waals surface area contributed by atoms with Crippen LogP contribution in [0.15, 0.2) is 16.7 Å². The van der Waals surface area contributed by atoms with Gasteiger partial charge in [0.25, 0.3) is 0 Å². The van der Waals surface area contributed by atoms with Gasteiger partial charge in [0, 0.05) is 23.8 Å². The molecule has 7 heteroatoms. The van der Waals surface area contributed by atoms with E-state index in [0.717, 1.165) is 18.9 Å². The molecule has 0 amide bonds. The first-order chi connectivity index (χ1) is 8.95. The first-order valence-electron chi connectivity index (χ1n) is 5.99. The Morgan fingerprint density at radius 2 is 2.11 bits per heavy atom. The molecule has 1 N–H and O–H groups in total. The molecule has 1 aromatic rings. The van der Waals surface area contributed by atoms with Crippen molar-refractivity contribution in [1.82, 2.24) is 4.98 Å². The molecule has 0 bridgehead atoms. The number of nitrogens with one attached hydrogen (secondary N) is 1. The highest BCUT2D eigenvalue weighted by molar-refractivity contribution is 9.10. The highest BCUT2D eigenvalue weighted by Gasteiger charge is 2.34. The summed E-state index contributed by atoms with van der Waals surface area (Å²) in [6, 6.07) is 1.01. The van der Waals surface area contributed by atoms with E-state index in [4.69, 9.17) is 4.74 Å². The van der Waals surface area contributed by atoms with E-state index < -0.39 is 11.7 Å². The second-order valence-electron chi connectivity index (χ2n) is 3.94. The summed E-state index contributed by atoms with van der Waals surface area (Å²) in [5, 5.41) is 2.65. The largest absolute Gasteiger partial charge is 0.419 e. The summed E-state index contributed by atoms with van der Waals surface area (Å²) in [6.45, 7) is 3.32. The molecule has 0 aliphatic heterocycles. The summed E-state index contributed by atoms with van der Waals surface area (Å²) in [5.41, 5.74) is -0.782. The maximum Gasteiger partial charge on any atom is 0.419 e. The molecule has 3 nitrogen and oxygen atoms in total. The number of hydrogen-bond acceptors (Lipinski definition) is 3. The van der Waals surface area contributed by atoms with Crippen molar-refractivity contribution in [1.29, 1.82) is 0 Å². The van der Waals surface area contributed by atoms with Crippen LogP contribution in [-0.4, -0.2) is 24.7 Å². The quantitative estimate of drug-likeness (QED) is 0.759. The maximum atomic E-state index is 12.8. The van der Waals surface area contributed by atoms with Crippen molar-refractivity contribution in [3.8, 4) is 0 Å². The van der Waals surface area contributed by atoms with Gasteiger partial charge in [-0.3, -0.25) is 0 Å². The van der Waals surface area contributed by atoms with E-state index in [-0.39, 0.29) is 5.82 Å². The summed E-state index contributed by atoms with van der Waals surface area (Å²) in [7, 11) is 0. The Morgan fingerprint density at radius 1 is 1.37 bits per heavy atom. The normalized spacial score (nSPS) is 11.6. The van der Waals surface area contributed by atoms with Crippen molar-refractivity contribution >= 4 is 21.7 Å². The molecule has 0 saturated carbocycles. The van der Waals surface area contributed by atoms with E-state index in [1.165, 1.54) is 6.20 Å². The third-order valence-electron chi connectivity index (χ3n) is 2.34. The van der Waals surface area contributed by atoms with Crippen LogP contribution in [0.25, 0.3) is 0 Å². The van der Waals surface area contributed by atoms with E-state index in [1.54, 1.807) is 0 Å². The summed E-state index contributed by atoms with van der Waals surface area (Å²) < 4.78 is 43.9. The first kappa shape index (κ1) is 16.2.